The molecule has 0 aromatic heterocycles. The molecule has 0 radical (unpaired) electrons. The van der Waals surface area contributed by atoms with Gasteiger partial charge >= 0.3 is 0 Å². The van der Waals surface area contributed by atoms with Gasteiger partial charge in [-0.25, -0.2) is 4.39 Å². The summed E-state index contributed by atoms with van der Waals surface area (Å²) in [5.74, 6) is -0.271. The van der Waals surface area contributed by atoms with E-state index in [4.69, 9.17) is 0 Å². The summed E-state index contributed by atoms with van der Waals surface area (Å²) >= 11 is 0. The molecule has 0 N–H and O–H groups in total. The molecule has 0 heterocycles. The van der Waals surface area contributed by atoms with Crippen molar-refractivity contribution in [1.29, 1.82) is 0 Å². The molecule has 0 unspecified atom stereocenters. The standard InChI is InChI=1S/C10H10F2/c11-8-4-3-6-9-5-1-2-7-10(9)12/h1-3,5-7H,4,8H2/b6-3+. The summed E-state index contributed by atoms with van der Waals surface area (Å²) in [4.78, 5) is 0. The maximum Gasteiger partial charge on any atom is 0.130 e. The first-order chi connectivity index (χ1) is 5.84. The zero-order valence-electron chi connectivity index (χ0n) is 6.63. The number of benzene rings is 1. The predicted octanol–water partition coefficient (Wildman–Crippen LogP) is 3.20. The second kappa shape index (κ2) is 4.65. The minimum Gasteiger partial charge on any atom is -0.251 e. The Balaban J connectivity index is 2.68. The van der Waals surface area contributed by atoms with E-state index in [-0.39, 0.29) is 5.82 Å². The molecule has 0 aliphatic carbocycles. The SMILES string of the molecule is FCC/C=C/c1ccccc1F. The summed E-state index contributed by atoms with van der Waals surface area (Å²) in [5.41, 5.74) is 0.506. The van der Waals surface area contributed by atoms with Crippen LogP contribution in [0.4, 0.5) is 8.78 Å². The Morgan fingerprint density at radius 3 is 2.67 bits per heavy atom. The van der Waals surface area contributed by atoms with Crippen molar-refractivity contribution < 1.29 is 8.78 Å². The fraction of sp³-hybridized carbons (Fsp3) is 0.200. The van der Waals surface area contributed by atoms with E-state index in [1.54, 1.807) is 30.4 Å². The molecule has 2 heteroatoms. The monoisotopic (exact) mass is 168 g/mol. The van der Waals surface area contributed by atoms with Crippen LogP contribution in [-0.2, 0) is 0 Å². The van der Waals surface area contributed by atoms with Gasteiger partial charge < -0.3 is 0 Å². The van der Waals surface area contributed by atoms with Crippen molar-refractivity contribution in [3.8, 4) is 0 Å². The number of halogens is 2. The van der Waals surface area contributed by atoms with E-state index in [0.29, 0.717) is 12.0 Å². The van der Waals surface area contributed by atoms with Crippen molar-refractivity contribution in [1.82, 2.24) is 0 Å². The van der Waals surface area contributed by atoms with Crippen molar-refractivity contribution in [3.63, 3.8) is 0 Å². The first-order valence-electron chi connectivity index (χ1n) is 3.81. The fourth-order valence-electron chi connectivity index (χ4n) is 0.884. The Morgan fingerprint density at radius 1 is 1.25 bits per heavy atom. The first-order valence-corrected chi connectivity index (χ1v) is 3.81. The molecule has 64 valence electrons. The van der Waals surface area contributed by atoms with Gasteiger partial charge in [0.25, 0.3) is 0 Å². The molecular formula is C10H10F2. The third-order valence-corrected chi connectivity index (χ3v) is 1.48. The molecule has 0 amide bonds. The Labute approximate surface area is 70.5 Å². The molecule has 0 aliphatic heterocycles. The smallest absolute Gasteiger partial charge is 0.130 e. The molecule has 0 bridgehead atoms. The van der Waals surface area contributed by atoms with E-state index in [9.17, 15) is 8.78 Å². The van der Waals surface area contributed by atoms with E-state index < -0.39 is 6.67 Å². The van der Waals surface area contributed by atoms with Crippen molar-refractivity contribution in [3.05, 3.63) is 41.7 Å². The van der Waals surface area contributed by atoms with Crippen LogP contribution in [-0.4, -0.2) is 6.67 Å². The molecule has 1 aromatic rings. The van der Waals surface area contributed by atoms with Crippen molar-refractivity contribution in [2.24, 2.45) is 0 Å². The largest absolute Gasteiger partial charge is 0.251 e. The molecular weight excluding hydrogens is 158 g/mol. The molecule has 0 saturated carbocycles. The van der Waals surface area contributed by atoms with E-state index in [1.165, 1.54) is 6.07 Å². The normalized spacial score (nSPS) is 10.8. The van der Waals surface area contributed by atoms with Crippen LogP contribution in [0.5, 0.6) is 0 Å². The highest BCUT2D eigenvalue weighted by atomic mass is 19.1. The lowest BCUT2D eigenvalue weighted by atomic mass is 10.2. The molecule has 12 heavy (non-hydrogen) atoms. The number of alkyl halides is 1. The second-order valence-corrected chi connectivity index (χ2v) is 2.40. The highest BCUT2D eigenvalue weighted by molar-refractivity contribution is 5.49. The van der Waals surface area contributed by atoms with Crippen LogP contribution in [0.3, 0.4) is 0 Å². The zero-order valence-corrected chi connectivity index (χ0v) is 6.63. The van der Waals surface area contributed by atoms with Crippen LogP contribution in [0.15, 0.2) is 30.3 Å². The molecule has 0 fully saturated rings. The van der Waals surface area contributed by atoms with Crippen molar-refractivity contribution in [2.75, 3.05) is 6.67 Å². The molecule has 1 aromatic carbocycles. The molecule has 0 saturated heterocycles. The highest BCUT2D eigenvalue weighted by Crippen LogP contribution is 2.08. The van der Waals surface area contributed by atoms with E-state index in [2.05, 4.69) is 0 Å². The lowest BCUT2D eigenvalue weighted by molar-refractivity contribution is 0.501. The van der Waals surface area contributed by atoms with E-state index in [0.717, 1.165) is 0 Å². The van der Waals surface area contributed by atoms with Gasteiger partial charge in [0.1, 0.15) is 5.82 Å². The maximum atomic E-state index is 12.9. The lowest BCUT2D eigenvalue weighted by Gasteiger charge is -1.93. The van der Waals surface area contributed by atoms with Gasteiger partial charge in [-0.05, 0) is 12.5 Å². The summed E-state index contributed by atoms with van der Waals surface area (Å²) in [6.45, 7) is -0.398. The summed E-state index contributed by atoms with van der Waals surface area (Å²) < 4.78 is 24.5. The van der Waals surface area contributed by atoms with Crippen molar-refractivity contribution in [2.45, 2.75) is 6.42 Å². The quantitative estimate of drug-likeness (QED) is 0.650. The molecule has 1 rings (SSSR count). The van der Waals surface area contributed by atoms with Crippen LogP contribution in [0, 0.1) is 5.82 Å². The Morgan fingerprint density at radius 2 is 2.00 bits per heavy atom. The van der Waals surface area contributed by atoms with Crippen LogP contribution in [0.25, 0.3) is 6.08 Å². The Kier molecular flexibility index (Phi) is 3.45. The number of allylic oxidation sites excluding steroid dienone is 1. The van der Waals surface area contributed by atoms with Crippen LogP contribution >= 0.6 is 0 Å². The van der Waals surface area contributed by atoms with Crippen LogP contribution in [0.1, 0.15) is 12.0 Å². The number of hydrogen-bond acceptors (Lipinski definition) is 0. The van der Waals surface area contributed by atoms with Gasteiger partial charge in [-0.3, -0.25) is 4.39 Å². The van der Waals surface area contributed by atoms with Crippen molar-refractivity contribution >= 4 is 6.08 Å². The summed E-state index contributed by atoms with van der Waals surface area (Å²) in [7, 11) is 0. The maximum absolute atomic E-state index is 12.9. The second-order valence-electron chi connectivity index (χ2n) is 2.40. The summed E-state index contributed by atoms with van der Waals surface area (Å²) in [5, 5.41) is 0. The van der Waals surface area contributed by atoms with E-state index in [1.807, 2.05) is 0 Å². The van der Waals surface area contributed by atoms with Gasteiger partial charge in [0, 0.05) is 5.56 Å². The minimum atomic E-state index is -0.398. The van der Waals surface area contributed by atoms with Gasteiger partial charge in [0.05, 0.1) is 6.67 Å². The molecule has 0 atom stereocenters. The van der Waals surface area contributed by atoms with Gasteiger partial charge in [-0.15, -0.1) is 0 Å². The van der Waals surface area contributed by atoms with Crippen LogP contribution < -0.4 is 0 Å². The first kappa shape index (κ1) is 8.91. The Bertz CT molecular complexity index is 266. The summed E-state index contributed by atoms with van der Waals surface area (Å²) in [6.07, 6.45) is 3.56. The number of hydrogen-bond donors (Lipinski definition) is 0. The molecule has 0 nitrogen and oxygen atoms in total. The fourth-order valence-corrected chi connectivity index (χ4v) is 0.884. The minimum absolute atomic E-state index is 0.271. The predicted molar refractivity (Wildman–Crippen MR) is 46.0 cm³/mol. The average Bonchev–Trinajstić information content (AvgIpc) is 2.09. The Hall–Kier alpha value is -1.18. The average molecular weight is 168 g/mol. The highest BCUT2D eigenvalue weighted by Gasteiger charge is 1.93. The van der Waals surface area contributed by atoms with Crippen LogP contribution in [0.2, 0.25) is 0 Å². The topological polar surface area (TPSA) is 0 Å². The zero-order chi connectivity index (χ0) is 8.81. The number of rotatable bonds is 3. The lowest BCUT2D eigenvalue weighted by Crippen LogP contribution is -1.79. The van der Waals surface area contributed by atoms with Gasteiger partial charge in [0.15, 0.2) is 0 Å². The van der Waals surface area contributed by atoms with Gasteiger partial charge in [0.2, 0.25) is 0 Å². The third kappa shape index (κ3) is 2.46. The van der Waals surface area contributed by atoms with E-state index >= 15 is 0 Å². The molecule has 0 spiro atoms. The molecule has 0 aliphatic rings. The van der Waals surface area contributed by atoms with Gasteiger partial charge in [-0.1, -0.05) is 30.4 Å². The third-order valence-electron chi connectivity index (χ3n) is 1.48. The van der Waals surface area contributed by atoms with Gasteiger partial charge in [-0.2, -0.15) is 0 Å². The summed E-state index contributed by atoms with van der Waals surface area (Å²) in [6, 6.07) is 6.42.